The molecule has 0 N–H and O–H groups in total. The molecule has 1 aliphatic rings. The van der Waals surface area contributed by atoms with Gasteiger partial charge in [-0.25, -0.2) is 0 Å². The predicted molar refractivity (Wildman–Crippen MR) is 92.5 cm³/mol. The summed E-state index contributed by atoms with van der Waals surface area (Å²) in [7, 11) is 2.42. The second-order valence-electron chi connectivity index (χ2n) is 7.18. The Morgan fingerprint density at radius 2 is 1.62 bits per heavy atom. The summed E-state index contributed by atoms with van der Waals surface area (Å²) >= 11 is 0. The molecule has 21 heavy (non-hydrogen) atoms. The number of hydrogen-bond acceptors (Lipinski definition) is 0. The fraction of sp³-hybridized carbons (Fsp3) is 0.700. The maximum absolute atomic E-state index is 2.42. The quantitative estimate of drug-likeness (QED) is 0.603. The van der Waals surface area contributed by atoms with Gasteiger partial charge in [-0.3, -0.25) is 0 Å². The maximum Gasteiger partial charge on any atom is 0.0790 e. The van der Waals surface area contributed by atoms with Crippen LogP contribution in [0.15, 0.2) is 30.3 Å². The second-order valence-corrected chi connectivity index (χ2v) is 7.18. The largest absolute Gasteiger partial charge is 0.326 e. The highest BCUT2D eigenvalue weighted by Crippen LogP contribution is 2.38. The molecule has 1 fully saturated rings. The summed E-state index contributed by atoms with van der Waals surface area (Å²) < 4.78 is 1.22. The van der Waals surface area contributed by atoms with Gasteiger partial charge in [-0.05, 0) is 44.1 Å². The lowest BCUT2D eigenvalue weighted by Crippen LogP contribution is -2.45. The van der Waals surface area contributed by atoms with E-state index in [9.17, 15) is 0 Å². The van der Waals surface area contributed by atoms with Crippen LogP contribution >= 0.6 is 0 Å². The van der Waals surface area contributed by atoms with Gasteiger partial charge in [0.1, 0.15) is 0 Å². The Bertz CT molecular complexity index is 388. The van der Waals surface area contributed by atoms with Gasteiger partial charge in [0.05, 0.1) is 26.7 Å². The highest BCUT2D eigenvalue weighted by Gasteiger charge is 2.27. The van der Waals surface area contributed by atoms with E-state index in [1.165, 1.54) is 62.6 Å². The Labute approximate surface area is 132 Å². The van der Waals surface area contributed by atoms with Crippen molar-refractivity contribution in [2.75, 3.05) is 26.7 Å². The molecule has 0 bridgehead atoms. The van der Waals surface area contributed by atoms with Crippen LogP contribution in [0.3, 0.4) is 0 Å². The maximum atomic E-state index is 2.42. The van der Waals surface area contributed by atoms with Gasteiger partial charge in [0.25, 0.3) is 0 Å². The van der Waals surface area contributed by atoms with E-state index in [4.69, 9.17) is 0 Å². The Hall–Kier alpha value is -0.820. The van der Waals surface area contributed by atoms with Crippen molar-refractivity contribution in [1.82, 2.24) is 0 Å². The number of hydrogen-bond donors (Lipinski definition) is 0. The SMILES string of the molecule is CC[N+](C)(CC)CC[C@@H](c1ccccc1)C1CCCCC1. The second kappa shape index (κ2) is 7.98. The van der Waals surface area contributed by atoms with E-state index in [-0.39, 0.29) is 0 Å². The lowest BCUT2D eigenvalue weighted by Gasteiger charge is -2.36. The zero-order valence-corrected chi connectivity index (χ0v) is 14.4. The van der Waals surface area contributed by atoms with Crippen LogP contribution in [-0.2, 0) is 0 Å². The zero-order chi connectivity index (χ0) is 15.1. The average molecular weight is 288 g/mol. The predicted octanol–water partition coefficient (Wildman–Crippen LogP) is 5.23. The Morgan fingerprint density at radius 3 is 2.19 bits per heavy atom. The van der Waals surface area contributed by atoms with Gasteiger partial charge in [-0.1, -0.05) is 49.6 Å². The summed E-state index contributed by atoms with van der Waals surface area (Å²) in [6.07, 6.45) is 8.59. The van der Waals surface area contributed by atoms with Crippen molar-refractivity contribution in [3.8, 4) is 0 Å². The third kappa shape index (κ3) is 4.57. The molecule has 1 aromatic rings. The minimum atomic E-state index is 0.780. The van der Waals surface area contributed by atoms with Crippen LogP contribution in [-0.4, -0.2) is 31.2 Å². The van der Waals surface area contributed by atoms with Crippen molar-refractivity contribution in [2.24, 2.45) is 5.92 Å². The molecule has 0 aliphatic heterocycles. The van der Waals surface area contributed by atoms with Crippen LogP contribution in [0.4, 0.5) is 0 Å². The van der Waals surface area contributed by atoms with E-state index in [2.05, 4.69) is 51.2 Å². The Balaban J connectivity index is 2.08. The first-order valence-corrected chi connectivity index (χ1v) is 9.07. The molecule has 0 heterocycles. The van der Waals surface area contributed by atoms with Crippen molar-refractivity contribution < 1.29 is 4.48 Å². The summed E-state index contributed by atoms with van der Waals surface area (Å²) in [5, 5.41) is 0. The molecule has 0 spiro atoms. The summed E-state index contributed by atoms with van der Waals surface area (Å²) in [6, 6.07) is 11.3. The van der Waals surface area contributed by atoms with Crippen LogP contribution < -0.4 is 0 Å². The summed E-state index contributed by atoms with van der Waals surface area (Å²) in [4.78, 5) is 0. The lowest BCUT2D eigenvalue weighted by atomic mass is 9.75. The normalized spacial score (nSPS) is 18.6. The standard InChI is InChI=1S/C20H34N/c1-4-21(3,5-2)17-16-20(18-12-8-6-9-13-18)19-14-10-7-11-15-19/h6,8-9,12-13,19-20H,4-5,7,10-11,14-17H2,1-3H3/q+1/t20-/m0/s1. The van der Waals surface area contributed by atoms with Crippen LogP contribution in [0, 0.1) is 5.92 Å². The summed E-state index contributed by atoms with van der Waals surface area (Å²) in [5.41, 5.74) is 1.59. The van der Waals surface area contributed by atoms with Crippen molar-refractivity contribution in [3.63, 3.8) is 0 Å². The highest BCUT2D eigenvalue weighted by molar-refractivity contribution is 5.20. The minimum Gasteiger partial charge on any atom is -0.326 e. The number of rotatable bonds is 7. The van der Waals surface area contributed by atoms with E-state index in [0.29, 0.717) is 0 Å². The fourth-order valence-electron chi connectivity index (χ4n) is 3.90. The van der Waals surface area contributed by atoms with Gasteiger partial charge in [-0.2, -0.15) is 0 Å². The first-order chi connectivity index (χ1) is 10.2. The van der Waals surface area contributed by atoms with Gasteiger partial charge in [0.15, 0.2) is 0 Å². The van der Waals surface area contributed by atoms with Crippen LogP contribution in [0.2, 0.25) is 0 Å². The molecular weight excluding hydrogens is 254 g/mol. The average Bonchev–Trinajstić information content (AvgIpc) is 2.57. The minimum absolute atomic E-state index is 0.780. The number of quaternary nitrogens is 1. The first kappa shape index (κ1) is 16.5. The third-order valence-corrected chi connectivity index (χ3v) is 5.95. The van der Waals surface area contributed by atoms with Crippen LogP contribution in [0.25, 0.3) is 0 Å². The van der Waals surface area contributed by atoms with Crippen molar-refractivity contribution in [1.29, 1.82) is 0 Å². The Kier molecular flexibility index (Phi) is 6.29. The van der Waals surface area contributed by atoms with E-state index < -0.39 is 0 Å². The Morgan fingerprint density at radius 1 is 1.00 bits per heavy atom. The molecule has 1 heteroatoms. The van der Waals surface area contributed by atoms with Crippen molar-refractivity contribution >= 4 is 0 Å². The summed E-state index contributed by atoms with van der Waals surface area (Å²) in [5.74, 6) is 1.70. The lowest BCUT2D eigenvalue weighted by molar-refractivity contribution is -0.906. The first-order valence-electron chi connectivity index (χ1n) is 9.07. The monoisotopic (exact) mass is 288 g/mol. The molecule has 0 saturated heterocycles. The summed E-state index contributed by atoms with van der Waals surface area (Å²) in [6.45, 7) is 8.50. The van der Waals surface area contributed by atoms with Crippen molar-refractivity contribution in [2.45, 2.75) is 58.3 Å². The molecule has 0 radical (unpaired) electrons. The molecule has 1 saturated carbocycles. The van der Waals surface area contributed by atoms with E-state index in [1.54, 1.807) is 5.56 Å². The molecule has 1 atom stereocenters. The molecule has 0 unspecified atom stereocenters. The van der Waals surface area contributed by atoms with Crippen LogP contribution in [0.1, 0.15) is 63.9 Å². The topological polar surface area (TPSA) is 0 Å². The molecular formula is C20H34N+. The molecule has 1 aliphatic carbocycles. The highest BCUT2D eigenvalue weighted by atomic mass is 15.3. The molecule has 0 aromatic heterocycles. The fourth-order valence-corrected chi connectivity index (χ4v) is 3.90. The van der Waals surface area contributed by atoms with Gasteiger partial charge >= 0.3 is 0 Å². The molecule has 118 valence electrons. The van der Waals surface area contributed by atoms with Gasteiger partial charge in [0, 0.05) is 6.42 Å². The van der Waals surface area contributed by atoms with Crippen molar-refractivity contribution in [3.05, 3.63) is 35.9 Å². The van der Waals surface area contributed by atoms with E-state index in [1.807, 2.05) is 0 Å². The smallest absolute Gasteiger partial charge is 0.0790 e. The van der Waals surface area contributed by atoms with E-state index in [0.717, 1.165) is 11.8 Å². The van der Waals surface area contributed by atoms with Gasteiger partial charge < -0.3 is 4.48 Å². The molecule has 1 nitrogen and oxygen atoms in total. The number of benzene rings is 1. The van der Waals surface area contributed by atoms with Gasteiger partial charge in [0.2, 0.25) is 0 Å². The molecule has 0 amide bonds. The van der Waals surface area contributed by atoms with E-state index >= 15 is 0 Å². The van der Waals surface area contributed by atoms with Gasteiger partial charge in [-0.15, -0.1) is 0 Å². The molecule has 2 rings (SSSR count). The molecule has 1 aromatic carbocycles. The zero-order valence-electron chi connectivity index (χ0n) is 14.4. The third-order valence-electron chi connectivity index (χ3n) is 5.95. The van der Waals surface area contributed by atoms with Crippen LogP contribution in [0.5, 0.6) is 0 Å². The number of nitrogens with zero attached hydrogens (tertiary/aromatic N) is 1.